The second kappa shape index (κ2) is 10.1. The number of carboxylic acid groups (broad SMARTS) is 1. The Balaban J connectivity index is 1.40. The summed E-state index contributed by atoms with van der Waals surface area (Å²) in [6, 6.07) is 16.3. The molecule has 4 rings (SSSR count). The minimum absolute atomic E-state index is 0.0427. The molecule has 1 fully saturated rings. The van der Waals surface area contributed by atoms with Gasteiger partial charge in [-0.05, 0) is 35.1 Å². The van der Waals surface area contributed by atoms with E-state index < -0.39 is 24.0 Å². The average molecular weight is 463 g/mol. The van der Waals surface area contributed by atoms with Crippen LogP contribution in [0.1, 0.15) is 42.7 Å². The average Bonchev–Trinajstić information content (AvgIpc) is 3.44. The molecule has 0 unspecified atom stereocenters. The maximum absolute atomic E-state index is 13.3. The number of hydrogen-bond donors (Lipinski definition) is 2. The van der Waals surface area contributed by atoms with Gasteiger partial charge in [0.15, 0.2) is 0 Å². The summed E-state index contributed by atoms with van der Waals surface area (Å²) >= 11 is 0. The highest BCUT2D eigenvalue weighted by Crippen LogP contribution is 2.44. The van der Waals surface area contributed by atoms with E-state index in [9.17, 15) is 19.5 Å². The van der Waals surface area contributed by atoms with Crippen LogP contribution in [0.2, 0.25) is 0 Å². The maximum Gasteiger partial charge on any atom is 0.407 e. The number of fused-ring (bicyclic) bond motifs is 3. The van der Waals surface area contributed by atoms with E-state index in [0.29, 0.717) is 12.8 Å². The van der Waals surface area contributed by atoms with Crippen LogP contribution >= 0.6 is 0 Å². The smallest absolute Gasteiger partial charge is 0.407 e. The van der Waals surface area contributed by atoms with Gasteiger partial charge in [-0.15, -0.1) is 6.58 Å². The first-order chi connectivity index (χ1) is 16.4. The molecule has 0 aliphatic heterocycles. The molecular weight excluding hydrogens is 432 g/mol. The van der Waals surface area contributed by atoms with Crippen LogP contribution in [0.3, 0.4) is 0 Å². The number of alkyl carbamates (subject to hydrolysis) is 1. The molecule has 0 bridgehead atoms. The van der Waals surface area contributed by atoms with Gasteiger partial charge >= 0.3 is 12.1 Å². The molecule has 2 amide bonds. The van der Waals surface area contributed by atoms with E-state index in [-0.39, 0.29) is 31.5 Å². The molecule has 2 aliphatic rings. The molecule has 0 aromatic heterocycles. The van der Waals surface area contributed by atoms with Gasteiger partial charge in [0.1, 0.15) is 13.2 Å². The molecule has 0 spiro atoms. The molecule has 2 N–H and O–H groups in total. The highest BCUT2D eigenvalue weighted by molar-refractivity contribution is 5.87. The fraction of sp³-hybridized carbons (Fsp3) is 0.370. The van der Waals surface area contributed by atoms with E-state index in [1.165, 1.54) is 11.0 Å². The van der Waals surface area contributed by atoms with Crippen molar-refractivity contribution in [2.75, 3.05) is 26.2 Å². The van der Waals surface area contributed by atoms with E-state index >= 15 is 0 Å². The Morgan fingerprint density at radius 3 is 2.21 bits per heavy atom. The molecule has 0 atom stereocenters. The van der Waals surface area contributed by atoms with Gasteiger partial charge in [-0.25, -0.2) is 4.79 Å². The number of carbonyl (C=O) groups excluding carboxylic acids is 2. The number of benzene rings is 2. The Labute approximate surface area is 199 Å². The number of carboxylic acids is 1. The summed E-state index contributed by atoms with van der Waals surface area (Å²) in [5.41, 5.74) is 3.76. The van der Waals surface area contributed by atoms with Gasteiger partial charge in [-0.2, -0.15) is 0 Å². The van der Waals surface area contributed by atoms with E-state index in [0.717, 1.165) is 35.1 Å². The normalized spacial score (nSPS) is 15.8. The number of hydrogen-bond acceptors (Lipinski definition) is 4. The van der Waals surface area contributed by atoms with Crippen LogP contribution < -0.4 is 5.32 Å². The Bertz CT molecular complexity index is 1040. The van der Waals surface area contributed by atoms with Gasteiger partial charge in [-0.1, -0.05) is 67.4 Å². The van der Waals surface area contributed by atoms with E-state index in [1.807, 2.05) is 24.3 Å². The van der Waals surface area contributed by atoms with Gasteiger partial charge in [0, 0.05) is 19.0 Å². The third-order valence-electron chi connectivity index (χ3n) is 6.89. The fourth-order valence-electron chi connectivity index (χ4n) is 5.28. The van der Waals surface area contributed by atoms with Crippen LogP contribution in [-0.2, 0) is 14.3 Å². The minimum Gasteiger partial charge on any atom is -0.480 e. The molecule has 2 aliphatic carbocycles. The number of ether oxygens (including phenoxy) is 1. The number of rotatable bonds is 9. The lowest BCUT2D eigenvalue weighted by atomic mass is 9.84. The molecule has 2 aromatic carbocycles. The molecule has 7 heteroatoms. The quantitative estimate of drug-likeness (QED) is 0.545. The van der Waals surface area contributed by atoms with Crippen LogP contribution in [0.15, 0.2) is 61.2 Å². The fourth-order valence-corrected chi connectivity index (χ4v) is 5.28. The predicted octanol–water partition coefficient (Wildman–Crippen LogP) is 4.18. The SMILES string of the molecule is C=CCN(CC(=O)O)C(=O)C1(CNC(=O)OCC2c3ccccc3-c3ccccc32)CCCC1. The monoisotopic (exact) mass is 462 g/mol. The number of nitrogens with one attached hydrogen (secondary N) is 1. The van der Waals surface area contributed by atoms with Crippen molar-refractivity contribution >= 4 is 18.0 Å². The van der Waals surface area contributed by atoms with E-state index in [1.54, 1.807) is 0 Å². The number of carbonyl (C=O) groups is 3. The predicted molar refractivity (Wildman–Crippen MR) is 128 cm³/mol. The van der Waals surface area contributed by atoms with Crippen molar-refractivity contribution in [1.82, 2.24) is 10.2 Å². The second-order valence-corrected chi connectivity index (χ2v) is 9.03. The van der Waals surface area contributed by atoms with Crippen LogP contribution in [0.25, 0.3) is 11.1 Å². The first-order valence-electron chi connectivity index (χ1n) is 11.7. The second-order valence-electron chi connectivity index (χ2n) is 9.03. The van der Waals surface area contributed by atoms with Crippen LogP contribution in [0.5, 0.6) is 0 Å². The first-order valence-corrected chi connectivity index (χ1v) is 11.7. The van der Waals surface area contributed by atoms with Crippen molar-refractivity contribution in [3.8, 4) is 11.1 Å². The van der Waals surface area contributed by atoms with Gasteiger partial charge in [0.05, 0.1) is 5.41 Å². The molecule has 178 valence electrons. The van der Waals surface area contributed by atoms with E-state index in [4.69, 9.17) is 4.74 Å². The van der Waals surface area contributed by atoms with Crippen LogP contribution in [0.4, 0.5) is 4.79 Å². The van der Waals surface area contributed by atoms with E-state index in [2.05, 4.69) is 36.2 Å². The Morgan fingerprint density at radius 1 is 1.06 bits per heavy atom. The summed E-state index contributed by atoms with van der Waals surface area (Å²) in [5.74, 6) is -1.38. The van der Waals surface area contributed by atoms with Crippen molar-refractivity contribution in [3.05, 3.63) is 72.3 Å². The van der Waals surface area contributed by atoms with Crippen molar-refractivity contribution in [1.29, 1.82) is 0 Å². The summed E-state index contributed by atoms with van der Waals surface area (Å²) in [7, 11) is 0. The zero-order chi connectivity index (χ0) is 24.1. The Hall–Kier alpha value is -3.61. The summed E-state index contributed by atoms with van der Waals surface area (Å²) in [4.78, 5) is 38.5. The van der Waals surface area contributed by atoms with Gasteiger partial charge in [-0.3, -0.25) is 9.59 Å². The Morgan fingerprint density at radius 2 is 1.65 bits per heavy atom. The largest absolute Gasteiger partial charge is 0.480 e. The van der Waals surface area contributed by atoms with Gasteiger partial charge < -0.3 is 20.1 Å². The number of amides is 2. The molecule has 34 heavy (non-hydrogen) atoms. The highest BCUT2D eigenvalue weighted by atomic mass is 16.5. The summed E-state index contributed by atoms with van der Waals surface area (Å²) in [6.07, 6.45) is 3.85. The maximum atomic E-state index is 13.3. The minimum atomic E-state index is -1.08. The van der Waals surface area contributed by atoms with Crippen molar-refractivity contribution in [3.63, 3.8) is 0 Å². The lowest BCUT2D eigenvalue weighted by Gasteiger charge is -2.33. The molecule has 0 radical (unpaired) electrons. The molecule has 2 aromatic rings. The van der Waals surface area contributed by atoms with Crippen LogP contribution in [-0.4, -0.2) is 54.2 Å². The summed E-state index contributed by atoms with van der Waals surface area (Å²) < 4.78 is 5.61. The van der Waals surface area contributed by atoms with Crippen molar-refractivity contribution < 1.29 is 24.2 Å². The first kappa shape index (κ1) is 23.5. The summed E-state index contributed by atoms with van der Waals surface area (Å²) in [5, 5.41) is 12.0. The zero-order valence-corrected chi connectivity index (χ0v) is 19.2. The third-order valence-corrected chi connectivity index (χ3v) is 6.89. The highest BCUT2D eigenvalue weighted by Gasteiger charge is 2.44. The standard InChI is InChI=1S/C27H30N2O5/c1-2-15-29(16-24(30)31)25(32)27(13-7-8-14-27)18-28-26(33)34-17-23-21-11-5-3-9-19(21)20-10-4-6-12-22(20)23/h2-6,9-12,23H,1,7-8,13-18H2,(H,28,33)(H,30,31). The molecule has 7 nitrogen and oxygen atoms in total. The van der Waals surface area contributed by atoms with Gasteiger partial charge in [0.25, 0.3) is 0 Å². The third kappa shape index (κ3) is 4.69. The van der Waals surface area contributed by atoms with Crippen molar-refractivity contribution in [2.45, 2.75) is 31.6 Å². The lowest BCUT2D eigenvalue weighted by molar-refractivity contribution is -0.149. The zero-order valence-electron chi connectivity index (χ0n) is 19.2. The lowest BCUT2D eigenvalue weighted by Crippen LogP contribution is -2.50. The molecule has 0 saturated heterocycles. The van der Waals surface area contributed by atoms with Crippen LogP contribution in [0, 0.1) is 5.41 Å². The van der Waals surface area contributed by atoms with Crippen molar-refractivity contribution in [2.24, 2.45) is 5.41 Å². The van der Waals surface area contributed by atoms with Gasteiger partial charge in [0.2, 0.25) is 5.91 Å². The summed E-state index contributed by atoms with van der Waals surface area (Å²) in [6.45, 7) is 3.71. The molecular formula is C27H30N2O5. The topological polar surface area (TPSA) is 95.9 Å². The Kier molecular flexibility index (Phi) is 7.01. The molecule has 0 heterocycles. The molecule has 1 saturated carbocycles. The number of nitrogens with zero attached hydrogens (tertiary/aromatic N) is 1. The number of aliphatic carboxylic acids is 1.